The molecule has 0 bridgehead atoms. The van der Waals surface area contributed by atoms with Crippen molar-refractivity contribution in [3.05, 3.63) is 66.3 Å². The highest BCUT2D eigenvalue weighted by molar-refractivity contribution is 5.84. The van der Waals surface area contributed by atoms with Gasteiger partial charge in [-0.2, -0.15) is 0 Å². The number of carbonyl (C=O) groups excluding carboxylic acids is 1. The molecule has 0 amide bonds. The molecule has 0 fully saturated rings. The molecule has 0 aliphatic rings. The van der Waals surface area contributed by atoms with Crippen LogP contribution in [-0.2, 0) is 16.0 Å². The molecule has 0 radical (unpaired) electrons. The summed E-state index contributed by atoms with van der Waals surface area (Å²) in [7, 11) is 0. The number of aromatic nitrogens is 4. The molecule has 0 aliphatic heterocycles. The third kappa shape index (κ3) is 3.19. The van der Waals surface area contributed by atoms with Crippen LogP contribution in [0.25, 0.3) is 22.5 Å². The molecule has 1 aromatic carbocycles. The normalized spacial score (nSPS) is 12.2. The first-order chi connectivity index (χ1) is 12.7. The number of hydrogen-bond donors (Lipinski definition) is 1. The Morgan fingerprint density at radius 2 is 2.04 bits per heavy atom. The Morgan fingerprint density at radius 3 is 2.88 bits per heavy atom. The molecule has 26 heavy (non-hydrogen) atoms. The molecular weight excluding hydrogens is 332 g/mol. The fourth-order valence-corrected chi connectivity index (χ4v) is 2.70. The topological polar surface area (TPSA) is 93.9 Å². The first kappa shape index (κ1) is 16.0. The summed E-state index contributed by atoms with van der Waals surface area (Å²) in [5.41, 5.74) is 2.39. The van der Waals surface area contributed by atoms with Gasteiger partial charge in [-0.05, 0) is 36.8 Å². The van der Waals surface area contributed by atoms with Gasteiger partial charge in [0.25, 0.3) is 5.89 Å². The van der Waals surface area contributed by atoms with Crippen molar-refractivity contribution in [3.63, 3.8) is 0 Å². The molecule has 7 nitrogen and oxygen atoms in total. The molecular formula is C19H16N4O3. The standard InChI is InChI=1S/C19H16N4O3/c1-12(18-22-23-19(26-18)13-6-3-2-4-7-13)25-16(24)10-14-11-21-17-15(14)8-5-9-20-17/h2-9,11-12H,10H2,1H3,(H,20,21). The van der Waals surface area contributed by atoms with E-state index in [9.17, 15) is 4.79 Å². The van der Waals surface area contributed by atoms with E-state index in [2.05, 4.69) is 20.2 Å². The predicted octanol–water partition coefficient (Wildman–Crippen LogP) is 3.46. The minimum absolute atomic E-state index is 0.135. The van der Waals surface area contributed by atoms with E-state index in [0.29, 0.717) is 5.89 Å². The van der Waals surface area contributed by atoms with Crippen LogP contribution in [0.1, 0.15) is 24.5 Å². The van der Waals surface area contributed by atoms with Gasteiger partial charge >= 0.3 is 5.97 Å². The molecule has 4 aromatic rings. The zero-order valence-corrected chi connectivity index (χ0v) is 14.0. The second-order valence-corrected chi connectivity index (χ2v) is 5.83. The number of pyridine rings is 1. The maximum absolute atomic E-state index is 12.3. The smallest absolute Gasteiger partial charge is 0.311 e. The summed E-state index contributed by atoms with van der Waals surface area (Å²) < 4.78 is 11.1. The SMILES string of the molecule is CC(OC(=O)Cc1c[nH]c2ncccc12)c1nnc(-c2ccccc2)o1. The van der Waals surface area contributed by atoms with E-state index in [1.807, 2.05) is 42.5 Å². The average molecular weight is 348 g/mol. The summed E-state index contributed by atoms with van der Waals surface area (Å²) in [6.07, 6.45) is 2.97. The number of esters is 1. The van der Waals surface area contributed by atoms with Crippen molar-refractivity contribution in [2.45, 2.75) is 19.4 Å². The number of nitrogens with one attached hydrogen (secondary N) is 1. The molecule has 0 spiro atoms. The Hall–Kier alpha value is -3.48. The molecule has 0 saturated carbocycles. The van der Waals surface area contributed by atoms with Crippen molar-refractivity contribution in [2.75, 3.05) is 0 Å². The van der Waals surface area contributed by atoms with E-state index in [-0.39, 0.29) is 18.3 Å². The fourth-order valence-electron chi connectivity index (χ4n) is 2.70. The summed E-state index contributed by atoms with van der Waals surface area (Å²) in [4.78, 5) is 19.5. The lowest BCUT2D eigenvalue weighted by Crippen LogP contribution is -2.11. The van der Waals surface area contributed by atoms with Crippen LogP contribution in [0.5, 0.6) is 0 Å². The van der Waals surface area contributed by atoms with Crippen LogP contribution in [-0.4, -0.2) is 26.1 Å². The number of fused-ring (bicyclic) bond motifs is 1. The largest absolute Gasteiger partial charge is 0.452 e. The molecule has 0 aliphatic carbocycles. The number of aromatic amines is 1. The summed E-state index contributed by atoms with van der Waals surface area (Å²) in [6.45, 7) is 1.71. The molecule has 1 N–H and O–H groups in total. The highest BCUT2D eigenvalue weighted by atomic mass is 16.6. The number of benzene rings is 1. The van der Waals surface area contributed by atoms with E-state index in [1.54, 1.807) is 19.3 Å². The number of ether oxygens (including phenoxy) is 1. The van der Waals surface area contributed by atoms with E-state index < -0.39 is 6.10 Å². The Balaban J connectivity index is 1.44. The van der Waals surface area contributed by atoms with Gasteiger partial charge in [0.2, 0.25) is 5.89 Å². The third-order valence-corrected chi connectivity index (χ3v) is 3.99. The van der Waals surface area contributed by atoms with Gasteiger partial charge in [0, 0.05) is 23.3 Å². The summed E-state index contributed by atoms with van der Waals surface area (Å²) >= 11 is 0. The molecule has 130 valence electrons. The average Bonchev–Trinajstić information content (AvgIpc) is 3.30. The molecule has 1 atom stereocenters. The molecule has 0 saturated heterocycles. The highest BCUT2D eigenvalue weighted by Crippen LogP contribution is 2.23. The van der Waals surface area contributed by atoms with Gasteiger partial charge in [0.1, 0.15) is 5.65 Å². The van der Waals surface area contributed by atoms with E-state index in [4.69, 9.17) is 9.15 Å². The Labute approximate surface area is 149 Å². The summed E-state index contributed by atoms with van der Waals surface area (Å²) in [6, 6.07) is 13.2. The zero-order chi connectivity index (χ0) is 17.9. The van der Waals surface area contributed by atoms with Crippen LogP contribution < -0.4 is 0 Å². The highest BCUT2D eigenvalue weighted by Gasteiger charge is 2.20. The number of nitrogens with zero attached hydrogens (tertiary/aromatic N) is 3. The number of H-pyrrole nitrogens is 1. The van der Waals surface area contributed by atoms with Gasteiger partial charge in [-0.15, -0.1) is 10.2 Å². The molecule has 3 heterocycles. The second kappa shape index (κ2) is 6.79. The Bertz CT molecular complexity index is 1040. The number of hydrogen-bond acceptors (Lipinski definition) is 6. The number of rotatable bonds is 5. The molecule has 3 aromatic heterocycles. The van der Waals surface area contributed by atoms with Crippen molar-refractivity contribution in [2.24, 2.45) is 0 Å². The first-order valence-corrected chi connectivity index (χ1v) is 8.20. The van der Waals surface area contributed by atoms with Crippen LogP contribution in [0.4, 0.5) is 0 Å². The minimum Gasteiger partial charge on any atom is -0.452 e. The Morgan fingerprint density at radius 1 is 1.19 bits per heavy atom. The lowest BCUT2D eigenvalue weighted by atomic mass is 10.1. The van der Waals surface area contributed by atoms with Crippen LogP contribution in [0, 0.1) is 0 Å². The lowest BCUT2D eigenvalue weighted by Gasteiger charge is -2.09. The molecule has 4 rings (SSSR count). The lowest BCUT2D eigenvalue weighted by molar-refractivity contribution is -0.148. The van der Waals surface area contributed by atoms with Gasteiger partial charge < -0.3 is 14.1 Å². The van der Waals surface area contributed by atoms with Crippen LogP contribution in [0.3, 0.4) is 0 Å². The van der Waals surface area contributed by atoms with Crippen LogP contribution in [0.2, 0.25) is 0 Å². The molecule has 7 heteroatoms. The first-order valence-electron chi connectivity index (χ1n) is 8.20. The van der Waals surface area contributed by atoms with Crippen molar-refractivity contribution in [1.29, 1.82) is 0 Å². The minimum atomic E-state index is -0.629. The zero-order valence-electron chi connectivity index (χ0n) is 14.0. The predicted molar refractivity (Wildman–Crippen MR) is 94.0 cm³/mol. The number of carbonyl (C=O) groups is 1. The van der Waals surface area contributed by atoms with E-state index in [1.165, 1.54) is 0 Å². The van der Waals surface area contributed by atoms with Gasteiger partial charge in [-0.1, -0.05) is 18.2 Å². The third-order valence-electron chi connectivity index (χ3n) is 3.99. The Kier molecular flexibility index (Phi) is 4.18. The van der Waals surface area contributed by atoms with Crippen molar-refractivity contribution in [1.82, 2.24) is 20.2 Å². The van der Waals surface area contributed by atoms with Crippen molar-refractivity contribution in [3.8, 4) is 11.5 Å². The van der Waals surface area contributed by atoms with Crippen LogP contribution in [0.15, 0.2) is 59.3 Å². The fraction of sp³-hybridized carbons (Fsp3) is 0.158. The van der Waals surface area contributed by atoms with Crippen molar-refractivity contribution < 1.29 is 13.9 Å². The van der Waals surface area contributed by atoms with Gasteiger partial charge in [-0.3, -0.25) is 4.79 Å². The van der Waals surface area contributed by atoms with Gasteiger partial charge in [0.05, 0.1) is 6.42 Å². The maximum atomic E-state index is 12.3. The van der Waals surface area contributed by atoms with E-state index >= 15 is 0 Å². The summed E-state index contributed by atoms with van der Waals surface area (Å²) in [5, 5.41) is 8.90. The van der Waals surface area contributed by atoms with Gasteiger partial charge in [0.15, 0.2) is 6.10 Å². The van der Waals surface area contributed by atoms with Crippen LogP contribution >= 0.6 is 0 Å². The quantitative estimate of drug-likeness (QED) is 0.555. The monoisotopic (exact) mass is 348 g/mol. The molecule has 1 unspecified atom stereocenters. The maximum Gasteiger partial charge on any atom is 0.311 e. The van der Waals surface area contributed by atoms with Crippen molar-refractivity contribution >= 4 is 17.0 Å². The van der Waals surface area contributed by atoms with Gasteiger partial charge in [-0.25, -0.2) is 4.98 Å². The summed E-state index contributed by atoms with van der Waals surface area (Å²) in [5.74, 6) is 0.283. The van der Waals surface area contributed by atoms with E-state index in [0.717, 1.165) is 22.2 Å². The second-order valence-electron chi connectivity index (χ2n) is 5.83.